The molecule has 5 heteroatoms. The molecular weight excluding hydrogens is 187 g/mol. The predicted octanol–water partition coefficient (Wildman–Crippen LogP) is 1.47. The molecule has 0 amide bonds. The molecule has 4 nitrogen and oxygen atoms in total. The molecule has 0 bridgehead atoms. The first kappa shape index (κ1) is 12.6. The highest BCUT2D eigenvalue weighted by molar-refractivity contribution is 5.77. The SMILES string of the molecule is CC(N)=NCC(F)=CCCCC(=O)O. The molecule has 0 heterocycles. The topological polar surface area (TPSA) is 75.7 Å². The summed E-state index contributed by atoms with van der Waals surface area (Å²) in [6.07, 6.45) is 2.25. The van der Waals surface area contributed by atoms with Gasteiger partial charge in [0.25, 0.3) is 0 Å². The number of allylic oxidation sites excluding steroid dienone is 1. The average Bonchev–Trinajstić information content (AvgIpc) is 2.08. The largest absolute Gasteiger partial charge is 0.481 e. The van der Waals surface area contributed by atoms with Gasteiger partial charge in [-0.25, -0.2) is 4.39 Å². The number of carbonyl (C=O) groups is 1. The van der Waals surface area contributed by atoms with Crippen LogP contribution in [0, 0.1) is 0 Å². The standard InChI is InChI=1S/C9H15FN2O2/c1-7(11)12-6-8(10)4-2-3-5-9(13)14/h4H,2-3,5-6H2,1H3,(H2,11,12)(H,13,14). The third-order valence-electron chi connectivity index (χ3n) is 1.44. The Bertz CT molecular complexity index is 245. The van der Waals surface area contributed by atoms with Crippen molar-refractivity contribution in [2.75, 3.05) is 6.54 Å². The lowest BCUT2D eigenvalue weighted by Gasteiger charge is -1.94. The summed E-state index contributed by atoms with van der Waals surface area (Å²) in [5.41, 5.74) is 5.21. The highest BCUT2D eigenvalue weighted by Crippen LogP contribution is 2.03. The summed E-state index contributed by atoms with van der Waals surface area (Å²) in [7, 11) is 0. The van der Waals surface area contributed by atoms with Gasteiger partial charge in [0.05, 0.1) is 12.4 Å². The van der Waals surface area contributed by atoms with Gasteiger partial charge in [-0.2, -0.15) is 0 Å². The molecule has 0 saturated heterocycles. The summed E-state index contributed by atoms with van der Waals surface area (Å²) in [6, 6.07) is 0. The lowest BCUT2D eigenvalue weighted by atomic mass is 10.2. The van der Waals surface area contributed by atoms with Crippen molar-refractivity contribution >= 4 is 11.8 Å². The first-order valence-electron chi connectivity index (χ1n) is 4.35. The summed E-state index contributed by atoms with van der Waals surface area (Å²) in [5.74, 6) is -0.908. The Morgan fingerprint density at radius 3 is 2.79 bits per heavy atom. The summed E-state index contributed by atoms with van der Waals surface area (Å²) in [4.78, 5) is 13.8. The molecule has 0 aromatic carbocycles. The molecular formula is C9H15FN2O2. The lowest BCUT2D eigenvalue weighted by Crippen LogP contribution is -2.06. The molecule has 0 spiro atoms. The Morgan fingerprint density at radius 1 is 1.64 bits per heavy atom. The number of unbranched alkanes of at least 4 members (excludes halogenated alkanes) is 1. The zero-order valence-electron chi connectivity index (χ0n) is 8.16. The van der Waals surface area contributed by atoms with Gasteiger partial charge in [-0.15, -0.1) is 0 Å². The summed E-state index contributed by atoms with van der Waals surface area (Å²) < 4.78 is 12.8. The minimum absolute atomic E-state index is 0.0585. The van der Waals surface area contributed by atoms with Crippen LogP contribution in [0.4, 0.5) is 4.39 Å². The maximum Gasteiger partial charge on any atom is 0.303 e. The third kappa shape index (κ3) is 8.70. The molecule has 0 saturated carbocycles. The molecule has 0 aromatic heterocycles. The van der Waals surface area contributed by atoms with Crippen LogP contribution in [0.1, 0.15) is 26.2 Å². The number of aliphatic imine (C=N–C) groups is 1. The Hall–Kier alpha value is -1.39. The van der Waals surface area contributed by atoms with Crippen LogP contribution in [0.2, 0.25) is 0 Å². The molecule has 14 heavy (non-hydrogen) atoms. The Labute approximate surface area is 82.3 Å². The molecule has 3 N–H and O–H groups in total. The van der Waals surface area contributed by atoms with Crippen LogP contribution < -0.4 is 5.73 Å². The number of nitrogens with two attached hydrogens (primary N) is 1. The molecule has 0 atom stereocenters. The first-order chi connectivity index (χ1) is 6.52. The van der Waals surface area contributed by atoms with Crippen molar-refractivity contribution < 1.29 is 14.3 Å². The van der Waals surface area contributed by atoms with Crippen molar-refractivity contribution in [3.05, 3.63) is 11.9 Å². The van der Waals surface area contributed by atoms with Crippen LogP contribution in [0.15, 0.2) is 16.9 Å². The van der Waals surface area contributed by atoms with Crippen LogP contribution in [-0.2, 0) is 4.79 Å². The van der Waals surface area contributed by atoms with E-state index in [1.807, 2.05) is 0 Å². The number of rotatable bonds is 6. The van der Waals surface area contributed by atoms with Gasteiger partial charge in [0.15, 0.2) is 0 Å². The lowest BCUT2D eigenvalue weighted by molar-refractivity contribution is -0.137. The fourth-order valence-corrected chi connectivity index (χ4v) is 0.777. The van der Waals surface area contributed by atoms with Crippen molar-refractivity contribution in [2.24, 2.45) is 10.7 Å². The molecule has 0 unspecified atom stereocenters. The van der Waals surface area contributed by atoms with Gasteiger partial charge in [-0.1, -0.05) is 6.08 Å². The molecule has 0 radical (unpaired) electrons. The van der Waals surface area contributed by atoms with E-state index in [0.717, 1.165) is 0 Å². The second-order valence-electron chi connectivity index (χ2n) is 2.89. The molecule has 0 aromatic rings. The number of amidine groups is 1. The van der Waals surface area contributed by atoms with E-state index in [1.54, 1.807) is 6.92 Å². The van der Waals surface area contributed by atoms with Crippen LogP contribution in [0.3, 0.4) is 0 Å². The Balaban J connectivity index is 3.66. The predicted molar refractivity (Wildman–Crippen MR) is 52.8 cm³/mol. The Kier molecular flexibility index (Phi) is 6.36. The van der Waals surface area contributed by atoms with E-state index in [1.165, 1.54) is 6.08 Å². The van der Waals surface area contributed by atoms with Gasteiger partial charge >= 0.3 is 5.97 Å². The second-order valence-corrected chi connectivity index (χ2v) is 2.89. The highest BCUT2D eigenvalue weighted by Gasteiger charge is 1.96. The van der Waals surface area contributed by atoms with Crippen molar-refractivity contribution in [3.63, 3.8) is 0 Å². The fourth-order valence-electron chi connectivity index (χ4n) is 0.777. The van der Waals surface area contributed by atoms with Crippen molar-refractivity contribution in [1.29, 1.82) is 0 Å². The quantitative estimate of drug-likeness (QED) is 0.389. The van der Waals surface area contributed by atoms with Crippen molar-refractivity contribution in [2.45, 2.75) is 26.2 Å². The van der Waals surface area contributed by atoms with Gasteiger partial charge in [0, 0.05) is 6.42 Å². The fraction of sp³-hybridized carbons (Fsp3) is 0.556. The molecule has 80 valence electrons. The molecule has 0 aliphatic heterocycles. The van der Waals surface area contributed by atoms with E-state index in [4.69, 9.17) is 10.8 Å². The van der Waals surface area contributed by atoms with E-state index < -0.39 is 5.97 Å². The van der Waals surface area contributed by atoms with E-state index in [9.17, 15) is 9.18 Å². The van der Waals surface area contributed by atoms with Gasteiger partial charge in [-0.05, 0) is 19.8 Å². The first-order valence-corrected chi connectivity index (χ1v) is 4.35. The molecule has 0 rings (SSSR count). The maximum atomic E-state index is 12.8. The molecule has 0 aliphatic rings. The molecule has 0 fully saturated rings. The minimum atomic E-state index is -0.866. The van der Waals surface area contributed by atoms with Crippen molar-refractivity contribution in [1.82, 2.24) is 0 Å². The zero-order chi connectivity index (χ0) is 11.0. The number of halogens is 1. The normalized spacial score (nSPS) is 13.0. The number of carboxylic acid groups (broad SMARTS) is 1. The van der Waals surface area contributed by atoms with Crippen LogP contribution in [0.5, 0.6) is 0 Å². The summed E-state index contributed by atoms with van der Waals surface area (Å²) in [6.45, 7) is 1.52. The van der Waals surface area contributed by atoms with E-state index in [2.05, 4.69) is 4.99 Å². The Morgan fingerprint density at radius 2 is 2.29 bits per heavy atom. The maximum absolute atomic E-state index is 12.8. The van der Waals surface area contributed by atoms with Crippen LogP contribution >= 0.6 is 0 Å². The second kappa shape index (κ2) is 7.06. The monoisotopic (exact) mass is 202 g/mol. The number of nitrogens with zero attached hydrogens (tertiary/aromatic N) is 1. The van der Waals surface area contributed by atoms with Gasteiger partial charge in [0.2, 0.25) is 0 Å². The zero-order valence-corrected chi connectivity index (χ0v) is 8.16. The number of aliphatic carboxylic acids is 1. The van der Waals surface area contributed by atoms with E-state index in [0.29, 0.717) is 18.7 Å². The highest BCUT2D eigenvalue weighted by atomic mass is 19.1. The van der Waals surface area contributed by atoms with Crippen molar-refractivity contribution in [3.8, 4) is 0 Å². The smallest absolute Gasteiger partial charge is 0.303 e. The van der Waals surface area contributed by atoms with E-state index >= 15 is 0 Å². The number of hydrogen-bond acceptors (Lipinski definition) is 2. The summed E-state index contributed by atoms with van der Waals surface area (Å²) >= 11 is 0. The van der Waals surface area contributed by atoms with Crippen LogP contribution in [0.25, 0.3) is 0 Å². The molecule has 0 aliphatic carbocycles. The summed E-state index contributed by atoms with van der Waals surface area (Å²) in [5, 5.41) is 8.30. The minimum Gasteiger partial charge on any atom is -0.481 e. The van der Waals surface area contributed by atoms with Gasteiger partial charge < -0.3 is 10.8 Å². The number of carboxylic acids is 1. The number of hydrogen-bond donors (Lipinski definition) is 2. The van der Waals surface area contributed by atoms with Crippen LogP contribution in [-0.4, -0.2) is 23.5 Å². The third-order valence-corrected chi connectivity index (χ3v) is 1.44. The average molecular weight is 202 g/mol. The van der Waals surface area contributed by atoms with Gasteiger partial charge in [0.1, 0.15) is 5.83 Å². The van der Waals surface area contributed by atoms with Gasteiger partial charge in [-0.3, -0.25) is 9.79 Å². The van der Waals surface area contributed by atoms with E-state index in [-0.39, 0.29) is 18.8 Å².